The number of hydrogen-bond donors (Lipinski definition) is 7. The van der Waals surface area contributed by atoms with Crippen molar-refractivity contribution < 1.29 is 30.3 Å². The summed E-state index contributed by atoms with van der Waals surface area (Å²) in [5.74, 6) is 0.00999. The number of benzene rings is 4. The average Bonchev–Trinajstić information content (AvgIpc) is 3.59. The molecule has 42 heavy (non-hydrogen) atoms. The van der Waals surface area contributed by atoms with Crippen LogP contribution in [-0.4, -0.2) is 76.1 Å². The third kappa shape index (κ3) is 3.54. The van der Waals surface area contributed by atoms with E-state index in [9.17, 15) is 30.3 Å². The number of aromatic nitrogens is 4. The molecule has 0 radical (unpaired) electrons. The predicted molar refractivity (Wildman–Crippen MR) is 153 cm³/mol. The molecule has 1 aliphatic heterocycles. The van der Waals surface area contributed by atoms with Gasteiger partial charge in [0.2, 0.25) is 5.95 Å². The van der Waals surface area contributed by atoms with Crippen molar-refractivity contribution in [2.75, 3.05) is 11.9 Å². The Morgan fingerprint density at radius 1 is 1.00 bits per heavy atom. The molecule has 6 aromatic rings. The van der Waals surface area contributed by atoms with Gasteiger partial charge in [-0.1, -0.05) is 42.5 Å². The quantitative estimate of drug-likeness (QED) is 0.154. The molecule has 0 amide bonds. The fourth-order valence-electron chi connectivity index (χ4n) is 6.75. The monoisotopic (exact) mass is 569 g/mol. The van der Waals surface area contributed by atoms with Crippen LogP contribution in [0.25, 0.3) is 43.5 Å². The fourth-order valence-corrected chi connectivity index (χ4v) is 6.75. The predicted octanol–water partition coefficient (Wildman–Crippen LogP) is 1.58. The highest BCUT2D eigenvalue weighted by Crippen LogP contribution is 2.46. The lowest BCUT2D eigenvalue weighted by Gasteiger charge is -2.38. The smallest absolute Gasteiger partial charge is 0.280 e. The maximum absolute atomic E-state index is 13.0. The van der Waals surface area contributed by atoms with Crippen molar-refractivity contribution in [2.24, 2.45) is 0 Å². The summed E-state index contributed by atoms with van der Waals surface area (Å²) in [6.45, 7) is -0.361. The minimum atomic E-state index is -1.51. The van der Waals surface area contributed by atoms with Gasteiger partial charge in [-0.05, 0) is 49.5 Å². The van der Waals surface area contributed by atoms with Gasteiger partial charge in [0.05, 0.1) is 25.1 Å². The molecule has 0 unspecified atom stereocenters. The number of aliphatic hydroxyl groups excluding tert-OH is 5. The zero-order valence-corrected chi connectivity index (χ0v) is 22.0. The van der Waals surface area contributed by atoms with Crippen LogP contribution in [0.2, 0.25) is 0 Å². The Bertz CT molecular complexity index is 2040. The van der Waals surface area contributed by atoms with Crippen molar-refractivity contribution in [1.29, 1.82) is 0 Å². The van der Waals surface area contributed by atoms with E-state index in [0.29, 0.717) is 11.1 Å². The first-order valence-corrected chi connectivity index (χ1v) is 13.8. The number of anilines is 1. The second-order valence-electron chi connectivity index (χ2n) is 11.1. The molecule has 1 aliphatic carbocycles. The summed E-state index contributed by atoms with van der Waals surface area (Å²) < 4.78 is 7.27. The van der Waals surface area contributed by atoms with E-state index in [1.54, 1.807) is 0 Å². The average molecular weight is 570 g/mol. The minimum Gasteiger partial charge on any atom is -0.394 e. The van der Waals surface area contributed by atoms with Gasteiger partial charge in [0, 0.05) is 6.42 Å². The second-order valence-corrected chi connectivity index (χ2v) is 11.1. The molecule has 0 spiro atoms. The fraction of sp³-hybridized carbons (Fsp3) is 0.300. The van der Waals surface area contributed by atoms with Gasteiger partial charge in [-0.15, -0.1) is 0 Å². The van der Waals surface area contributed by atoms with Gasteiger partial charge in [-0.3, -0.25) is 14.3 Å². The number of nitrogens with one attached hydrogen (secondary N) is 2. The molecule has 8 rings (SSSR count). The van der Waals surface area contributed by atoms with Gasteiger partial charge in [0.15, 0.2) is 11.2 Å². The van der Waals surface area contributed by atoms with Gasteiger partial charge < -0.3 is 35.6 Å². The largest absolute Gasteiger partial charge is 0.394 e. The number of nitrogens with zero attached hydrogens (tertiary/aromatic N) is 3. The second kappa shape index (κ2) is 9.16. The highest BCUT2D eigenvalue weighted by atomic mass is 16.5. The van der Waals surface area contributed by atoms with E-state index in [0.717, 1.165) is 32.3 Å². The maximum atomic E-state index is 13.0. The molecule has 0 saturated carbocycles. The number of ether oxygens (including phenoxy) is 1. The Balaban J connectivity index is 1.29. The van der Waals surface area contributed by atoms with E-state index in [1.807, 2.05) is 48.5 Å². The summed E-state index contributed by atoms with van der Waals surface area (Å²) >= 11 is 0. The highest BCUT2D eigenvalue weighted by molar-refractivity contribution is 6.24. The molecule has 12 nitrogen and oxygen atoms in total. The van der Waals surface area contributed by atoms with Crippen LogP contribution in [0, 0.1) is 0 Å². The summed E-state index contributed by atoms with van der Waals surface area (Å²) in [7, 11) is 0. The van der Waals surface area contributed by atoms with Gasteiger partial charge in [-0.2, -0.15) is 4.98 Å². The van der Waals surface area contributed by atoms with Crippen molar-refractivity contribution in [3.05, 3.63) is 76.3 Å². The number of hydrogen-bond acceptors (Lipinski definition) is 10. The first-order chi connectivity index (χ1) is 20.3. The summed E-state index contributed by atoms with van der Waals surface area (Å²) in [6.07, 6.45) is -5.10. The van der Waals surface area contributed by atoms with Crippen LogP contribution in [0.15, 0.2) is 59.7 Å². The number of H-pyrrole nitrogens is 1. The molecule has 3 heterocycles. The number of aliphatic hydroxyl groups is 5. The van der Waals surface area contributed by atoms with Gasteiger partial charge in [0.1, 0.15) is 30.6 Å². The van der Waals surface area contributed by atoms with Crippen LogP contribution in [0.5, 0.6) is 0 Å². The van der Waals surface area contributed by atoms with E-state index in [4.69, 9.17) is 4.74 Å². The summed E-state index contributed by atoms with van der Waals surface area (Å²) in [5, 5.41) is 61.9. The molecule has 214 valence electrons. The van der Waals surface area contributed by atoms with Crippen molar-refractivity contribution in [2.45, 2.75) is 49.2 Å². The minimum absolute atomic E-state index is 0.00999. The van der Waals surface area contributed by atoms with Crippen LogP contribution in [0.1, 0.15) is 35.9 Å². The third-order valence-electron chi connectivity index (χ3n) is 8.78. The number of fused-ring (bicyclic) bond motifs is 3. The first-order valence-electron chi connectivity index (χ1n) is 13.8. The van der Waals surface area contributed by atoms with E-state index in [1.165, 1.54) is 10.9 Å². The van der Waals surface area contributed by atoms with E-state index < -0.39 is 48.3 Å². The Morgan fingerprint density at radius 3 is 2.52 bits per heavy atom. The van der Waals surface area contributed by atoms with Gasteiger partial charge >= 0.3 is 0 Å². The lowest BCUT2D eigenvalue weighted by atomic mass is 9.77. The standard InChI is InChI=1S/C30H27N5O7/c36-10-18-17(37)9-19(42-18)35-11-31-24-28(35)33-30(34-29(24)41)32-23-22-15-7-6-13-3-1-2-12-4-5-14(21(15)20(12)13)8-16(22)25(38)27(40)26(23)39/h1-8,11,17-19,23,25-27,36-40H,9-10H2,(H2,32,33,34,41)/t17-,18+,19+,23+,25-,26+,27+/m0/s1. The van der Waals surface area contributed by atoms with Crippen molar-refractivity contribution >= 4 is 49.4 Å². The normalized spacial score (nSPS) is 27.9. The zero-order valence-electron chi connectivity index (χ0n) is 22.0. The summed E-state index contributed by atoms with van der Waals surface area (Å²) in [5.41, 5.74) is 0.746. The lowest BCUT2D eigenvalue weighted by Crippen LogP contribution is -2.44. The Kier molecular flexibility index (Phi) is 5.57. The molecule has 12 heteroatoms. The van der Waals surface area contributed by atoms with Crippen LogP contribution in [-0.2, 0) is 4.74 Å². The molecule has 7 atom stereocenters. The van der Waals surface area contributed by atoms with Crippen LogP contribution in [0.4, 0.5) is 5.95 Å². The van der Waals surface area contributed by atoms with Crippen molar-refractivity contribution in [3.63, 3.8) is 0 Å². The molecular formula is C30H27N5O7. The molecule has 4 aromatic carbocycles. The number of aromatic amines is 1. The van der Waals surface area contributed by atoms with E-state index >= 15 is 0 Å². The highest BCUT2D eigenvalue weighted by Gasteiger charge is 2.42. The molecule has 2 aromatic heterocycles. The number of rotatable bonds is 4. The molecule has 1 saturated heterocycles. The van der Waals surface area contributed by atoms with Crippen LogP contribution >= 0.6 is 0 Å². The SMILES string of the molecule is O=c1[nH]c(N[C@@H]2c3c(cc4ccc5cccc6ccc3c4c56)[C@H](O)[C@@H](O)[C@@H]2O)nc2c1ncn2[C@H]1C[C@H](O)[C@@H](CO)O1. The Labute approximate surface area is 236 Å². The molecule has 2 aliphatic rings. The van der Waals surface area contributed by atoms with E-state index in [2.05, 4.69) is 20.3 Å². The van der Waals surface area contributed by atoms with Gasteiger partial charge in [-0.25, -0.2) is 4.98 Å². The number of imidazole rings is 1. The zero-order chi connectivity index (χ0) is 28.9. The van der Waals surface area contributed by atoms with Crippen molar-refractivity contribution in [1.82, 2.24) is 19.5 Å². The Morgan fingerprint density at radius 2 is 1.76 bits per heavy atom. The first kappa shape index (κ1) is 25.5. The molecular weight excluding hydrogens is 542 g/mol. The maximum Gasteiger partial charge on any atom is 0.280 e. The summed E-state index contributed by atoms with van der Waals surface area (Å²) in [6, 6.07) is 14.9. The van der Waals surface area contributed by atoms with Crippen molar-refractivity contribution in [3.8, 4) is 0 Å². The summed E-state index contributed by atoms with van der Waals surface area (Å²) in [4.78, 5) is 24.5. The molecule has 1 fully saturated rings. The van der Waals surface area contributed by atoms with Crippen LogP contribution < -0.4 is 10.9 Å². The van der Waals surface area contributed by atoms with E-state index in [-0.39, 0.29) is 30.1 Å². The molecule has 7 N–H and O–H groups in total. The van der Waals surface area contributed by atoms with Crippen LogP contribution in [0.3, 0.4) is 0 Å². The lowest BCUT2D eigenvalue weighted by molar-refractivity contribution is -0.0767. The third-order valence-corrected chi connectivity index (χ3v) is 8.78. The van der Waals surface area contributed by atoms with Gasteiger partial charge in [0.25, 0.3) is 5.56 Å². The molecule has 0 bridgehead atoms. The Hall–Kier alpha value is -4.17. The topological polar surface area (TPSA) is 186 Å².